The maximum absolute atomic E-state index is 5.63. The van der Waals surface area contributed by atoms with E-state index in [-0.39, 0.29) is 0 Å². The molecule has 0 amide bonds. The minimum Gasteiger partial charge on any atom is -0.439 e. The van der Waals surface area contributed by atoms with Gasteiger partial charge in [0.25, 0.3) is 0 Å². The molecular formula is C13H15N3O. The van der Waals surface area contributed by atoms with Crippen LogP contribution in [-0.4, -0.2) is 16.5 Å². The maximum Gasteiger partial charge on any atom is 0.225 e. The lowest BCUT2D eigenvalue weighted by atomic mass is 10.2. The average molecular weight is 229 g/mol. The Kier molecular flexibility index (Phi) is 3.55. The third-order valence-corrected chi connectivity index (χ3v) is 2.21. The van der Waals surface area contributed by atoms with E-state index in [2.05, 4.69) is 15.3 Å². The lowest BCUT2D eigenvalue weighted by Crippen LogP contribution is -2.02. The fourth-order valence-electron chi connectivity index (χ4n) is 1.37. The zero-order valence-corrected chi connectivity index (χ0v) is 9.97. The van der Waals surface area contributed by atoms with Crippen molar-refractivity contribution in [3.05, 3.63) is 42.1 Å². The molecule has 0 aliphatic carbocycles. The summed E-state index contributed by atoms with van der Waals surface area (Å²) in [6, 6.07) is 9.58. The van der Waals surface area contributed by atoms with Gasteiger partial charge in [-0.05, 0) is 26.0 Å². The molecule has 88 valence electrons. The molecule has 2 rings (SSSR count). The molecule has 1 aromatic heterocycles. The van der Waals surface area contributed by atoms with Crippen molar-refractivity contribution in [1.29, 1.82) is 0 Å². The molecule has 1 N–H and O–H groups in total. The molecule has 1 aromatic carbocycles. The molecule has 0 spiro atoms. The number of nitrogens with one attached hydrogen (secondary N) is 1. The molecule has 4 heteroatoms. The fourth-order valence-corrected chi connectivity index (χ4v) is 1.37. The second-order valence-corrected chi connectivity index (χ2v) is 3.66. The summed E-state index contributed by atoms with van der Waals surface area (Å²) in [5.74, 6) is 1.90. The molecule has 1 heterocycles. The number of rotatable bonds is 4. The van der Waals surface area contributed by atoms with Crippen LogP contribution in [0.25, 0.3) is 0 Å². The van der Waals surface area contributed by atoms with E-state index < -0.39 is 0 Å². The highest BCUT2D eigenvalue weighted by Gasteiger charge is 2.00. The Morgan fingerprint density at radius 3 is 2.65 bits per heavy atom. The van der Waals surface area contributed by atoms with Crippen molar-refractivity contribution in [3.63, 3.8) is 0 Å². The van der Waals surface area contributed by atoms with Crippen molar-refractivity contribution in [2.24, 2.45) is 0 Å². The smallest absolute Gasteiger partial charge is 0.225 e. The summed E-state index contributed by atoms with van der Waals surface area (Å²) >= 11 is 0. The number of nitrogens with zero attached hydrogens (tertiary/aromatic N) is 2. The maximum atomic E-state index is 5.63. The van der Waals surface area contributed by atoms with Crippen molar-refractivity contribution < 1.29 is 4.74 Å². The van der Waals surface area contributed by atoms with Gasteiger partial charge in [-0.15, -0.1) is 0 Å². The van der Waals surface area contributed by atoms with E-state index in [4.69, 9.17) is 4.74 Å². The number of hydrogen-bond acceptors (Lipinski definition) is 4. The minimum atomic E-state index is 0.541. The van der Waals surface area contributed by atoms with Gasteiger partial charge in [-0.25, -0.2) is 4.98 Å². The third kappa shape index (κ3) is 3.17. The van der Waals surface area contributed by atoms with Gasteiger partial charge in [-0.1, -0.05) is 17.7 Å². The summed E-state index contributed by atoms with van der Waals surface area (Å²) in [6.07, 6.45) is 1.68. The molecule has 0 atom stereocenters. The summed E-state index contributed by atoms with van der Waals surface area (Å²) < 4.78 is 5.63. The molecular weight excluding hydrogens is 214 g/mol. The Morgan fingerprint density at radius 2 is 1.94 bits per heavy atom. The first-order valence-corrected chi connectivity index (χ1v) is 5.59. The van der Waals surface area contributed by atoms with Crippen molar-refractivity contribution >= 4 is 5.95 Å². The van der Waals surface area contributed by atoms with Crippen LogP contribution in [0.3, 0.4) is 0 Å². The van der Waals surface area contributed by atoms with Crippen LogP contribution in [0, 0.1) is 6.92 Å². The molecule has 0 aliphatic rings. The van der Waals surface area contributed by atoms with Gasteiger partial charge in [0.05, 0.1) is 0 Å². The Balaban J connectivity index is 2.12. The molecule has 0 radical (unpaired) electrons. The predicted molar refractivity (Wildman–Crippen MR) is 67.4 cm³/mol. The first-order chi connectivity index (χ1) is 8.28. The van der Waals surface area contributed by atoms with Crippen LogP contribution >= 0.6 is 0 Å². The Morgan fingerprint density at radius 1 is 1.18 bits per heavy atom. The molecule has 2 aromatic rings. The van der Waals surface area contributed by atoms with Gasteiger partial charge in [0.2, 0.25) is 11.8 Å². The van der Waals surface area contributed by atoms with Crippen LogP contribution in [0.5, 0.6) is 11.6 Å². The van der Waals surface area contributed by atoms with Crippen LogP contribution in [-0.2, 0) is 0 Å². The number of aromatic nitrogens is 2. The van der Waals surface area contributed by atoms with Gasteiger partial charge in [0.15, 0.2) is 0 Å². The van der Waals surface area contributed by atoms with Gasteiger partial charge in [-0.2, -0.15) is 4.98 Å². The summed E-state index contributed by atoms with van der Waals surface area (Å²) in [5, 5.41) is 3.04. The van der Waals surface area contributed by atoms with E-state index in [1.54, 1.807) is 12.3 Å². The van der Waals surface area contributed by atoms with Crippen LogP contribution in [0.2, 0.25) is 0 Å². The van der Waals surface area contributed by atoms with Crippen molar-refractivity contribution in [3.8, 4) is 11.6 Å². The number of hydrogen-bond donors (Lipinski definition) is 1. The lowest BCUT2D eigenvalue weighted by molar-refractivity contribution is 0.462. The van der Waals surface area contributed by atoms with Crippen LogP contribution < -0.4 is 10.1 Å². The standard InChI is InChI=1S/C13H15N3O/c1-3-14-13-15-9-8-12(16-13)17-11-6-4-10(2)5-7-11/h4-9H,3H2,1-2H3,(H,14,15,16). The molecule has 17 heavy (non-hydrogen) atoms. The van der Waals surface area contributed by atoms with E-state index in [0.29, 0.717) is 11.8 Å². The van der Waals surface area contributed by atoms with Crippen LogP contribution in [0.15, 0.2) is 36.5 Å². The second kappa shape index (κ2) is 5.30. The van der Waals surface area contributed by atoms with Crippen LogP contribution in [0.4, 0.5) is 5.95 Å². The van der Waals surface area contributed by atoms with Gasteiger partial charge < -0.3 is 10.1 Å². The number of ether oxygens (including phenoxy) is 1. The summed E-state index contributed by atoms with van der Waals surface area (Å²) in [5.41, 5.74) is 1.20. The van der Waals surface area contributed by atoms with Gasteiger partial charge in [0.1, 0.15) is 5.75 Å². The average Bonchev–Trinajstić information content (AvgIpc) is 2.33. The number of anilines is 1. The van der Waals surface area contributed by atoms with E-state index in [1.165, 1.54) is 5.56 Å². The topological polar surface area (TPSA) is 47.0 Å². The number of benzene rings is 1. The zero-order chi connectivity index (χ0) is 12.1. The molecule has 0 aliphatic heterocycles. The molecule has 0 unspecified atom stereocenters. The highest BCUT2D eigenvalue weighted by molar-refractivity contribution is 5.32. The highest BCUT2D eigenvalue weighted by atomic mass is 16.5. The van der Waals surface area contributed by atoms with E-state index >= 15 is 0 Å². The van der Waals surface area contributed by atoms with E-state index in [0.717, 1.165) is 12.3 Å². The Bertz CT molecular complexity index is 482. The molecule has 0 saturated heterocycles. The molecule has 0 bridgehead atoms. The minimum absolute atomic E-state index is 0.541. The fraction of sp³-hybridized carbons (Fsp3) is 0.231. The van der Waals surface area contributed by atoms with Crippen molar-refractivity contribution in [2.75, 3.05) is 11.9 Å². The summed E-state index contributed by atoms with van der Waals surface area (Å²) in [6.45, 7) is 4.82. The van der Waals surface area contributed by atoms with E-state index in [9.17, 15) is 0 Å². The lowest BCUT2D eigenvalue weighted by Gasteiger charge is -2.06. The third-order valence-electron chi connectivity index (χ3n) is 2.21. The summed E-state index contributed by atoms with van der Waals surface area (Å²) in [7, 11) is 0. The Hall–Kier alpha value is -2.10. The quantitative estimate of drug-likeness (QED) is 0.875. The molecule has 0 saturated carbocycles. The first-order valence-electron chi connectivity index (χ1n) is 5.59. The normalized spacial score (nSPS) is 10.0. The van der Waals surface area contributed by atoms with Crippen LogP contribution in [0.1, 0.15) is 12.5 Å². The predicted octanol–water partition coefficient (Wildman–Crippen LogP) is 3.01. The largest absolute Gasteiger partial charge is 0.439 e. The van der Waals surface area contributed by atoms with E-state index in [1.807, 2.05) is 38.1 Å². The molecule has 0 fully saturated rings. The second-order valence-electron chi connectivity index (χ2n) is 3.66. The van der Waals surface area contributed by atoms with Gasteiger partial charge in [-0.3, -0.25) is 0 Å². The van der Waals surface area contributed by atoms with Gasteiger partial charge in [0, 0.05) is 18.8 Å². The summed E-state index contributed by atoms with van der Waals surface area (Å²) in [4.78, 5) is 8.32. The Labute approximate surface area is 101 Å². The first kappa shape index (κ1) is 11.4. The van der Waals surface area contributed by atoms with Crippen molar-refractivity contribution in [1.82, 2.24) is 9.97 Å². The SMILES string of the molecule is CCNc1nccc(Oc2ccc(C)cc2)n1. The van der Waals surface area contributed by atoms with Crippen molar-refractivity contribution in [2.45, 2.75) is 13.8 Å². The monoisotopic (exact) mass is 229 g/mol. The van der Waals surface area contributed by atoms with Gasteiger partial charge >= 0.3 is 0 Å². The molecule has 4 nitrogen and oxygen atoms in total. The zero-order valence-electron chi connectivity index (χ0n) is 9.97. The number of aryl methyl sites for hydroxylation is 1. The highest BCUT2D eigenvalue weighted by Crippen LogP contribution is 2.19.